The summed E-state index contributed by atoms with van der Waals surface area (Å²) in [7, 11) is 0. The van der Waals surface area contributed by atoms with Crippen molar-refractivity contribution in [1.29, 1.82) is 0 Å². The van der Waals surface area contributed by atoms with Gasteiger partial charge in [-0.15, -0.1) is 0 Å². The number of halogens is 2. The molecule has 2 atom stereocenters. The van der Waals surface area contributed by atoms with Gasteiger partial charge in [0, 0.05) is 29.6 Å². The average molecular weight is 341 g/mol. The third-order valence-corrected chi connectivity index (χ3v) is 5.35. The third kappa shape index (κ3) is 2.60. The molecule has 0 radical (unpaired) electrons. The zero-order chi connectivity index (χ0) is 14.3. The fraction of sp³-hybridized carbons (Fsp3) is 0.625. The van der Waals surface area contributed by atoms with E-state index < -0.39 is 0 Å². The molecule has 0 bridgehead atoms. The lowest BCUT2D eigenvalue weighted by Crippen LogP contribution is -2.58. The first-order chi connectivity index (χ1) is 9.56. The van der Waals surface area contributed by atoms with Gasteiger partial charge in [0.25, 0.3) is 0 Å². The van der Waals surface area contributed by atoms with Gasteiger partial charge in [0.2, 0.25) is 0 Å². The lowest BCUT2D eigenvalue weighted by atomic mass is 9.96. The Hall–Kier alpha value is -0.610. The number of benzene rings is 1. The van der Waals surface area contributed by atoms with Crippen LogP contribution in [0, 0.1) is 11.7 Å². The SMILES string of the molecule is CC(C)C1CN2CCCC2CN1c1ccc(F)cc1Br. The van der Waals surface area contributed by atoms with Crippen LogP contribution in [0.2, 0.25) is 0 Å². The van der Waals surface area contributed by atoms with Crippen LogP contribution in [0.15, 0.2) is 22.7 Å². The average Bonchev–Trinajstić information content (AvgIpc) is 2.84. The number of fused-ring (bicyclic) bond motifs is 1. The molecule has 1 aromatic rings. The number of anilines is 1. The maximum atomic E-state index is 13.3. The van der Waals surface area contributed by atoms with Gasteiger partial charge in [-0.05, 0) is 59.4 Å². The molecule has 0 aromatic heterocycles. The lowest BCUT2D eigenvalue weighted by molar-refractivity contribution is 0.176. The highest BCUT2D eigenvalue weighted by atomic mass is 79.9. The highest BCUT2D eigenvalue weighted by Crippen LogP contribution is 2.35. The smallest absolute Gasteiger partial charge is 0.124 e. The largest absolute Gasteiger partial charge is 0.365 e. The van der Waals surface area contributed by atoms with Crippen molar-refractivity contribution in [3.8, 4) is 0 Å². The summed E-state index contributed by atoms with van der Waals surface area (Å²) in [5, 5.41) is 0. The highest BCUT2D eigenvalue weighted by Gasteiger charge is 2.38. The molecule has 2 nitrogen and oxygen atoms in total. The lowest BCUT2D eigenvalue weighted by Gasteiger charge is -2.47. The summed E-state index contributed by atoms with van der Waals surface area (Å²) >= 11 is 3.54. The molecule has 1 aromatic carbocycles. The molecule has 2 aliphatic rings. The minimum Gasteiger partial charge on any atom is -0.365 e. The van der Waals surface area contributed by atoms with Gasteiger partial charge in [0.05, 0.1) is 5.69 Å². The molecular weight excluding hydrogens is 319 g/mol. The van der Waals surface area contributed by atoms with Crippen LogP contribution in [-0.2, 0) is 0 Å². The van der Waals surface area contributed by atoms with Gasteiger partial charge in [-0.25, -0.2) is 4.39 Å². The van der Waals surface area contributed by atoms with Crippen molar-refractivity contribution in [2.45, 2.75) is 38.8 Å². The van der Waals surface area contributed by atoms with Crippen molar-refractivity contribution in [2.24, 2.45) is 5.92 Å². The van der Waals surface area contributed by atoms with Gasteiger partial charge in [-0.2, -0.15) is 0 Å². The summed E-state index contributed by atoms with van der Waals surface area (Å²) in [4.78, 5) is 5.12. The monoisotopic (exact) mass is 340 g/mol. The fourth-order valence-corrected chi connectivity index (χ4v) is 4.18. The number of piperazine rings is 1. The standard InChI is InChI=1S/C16H22BrFN2/c1-11(2)16-10-19-7-3-4-13(19)9-20(16)15-6-5-12(18)8-14(15)17/h5-6,8,11,13,16H,3-4,7,9-10H2,1-2H3. The molecule has 110 valence electrons. The molecule has 0 aliphatic carbocycles. The van der Waals surface area contributed by atoms with Crippen molar-refractivity contribution in [3.05, 3.63) is 28.5 Å². The van der Waals surface area contributed by atoms with E-state index >= 15 is 0 Å². The topological polar surface area (TPSA) is 6.48 Å². The number of hydrogen-bond acceptors (Lipinski definition) is 2. The maximum absolute atomic E-state index is 13.3. The summed E-state index contributed by atoms with van der Waals surface area (Å²) in [6.45, 7) is 8.00. The van der Waals surface area contributed by atoms with Gasteiger partial charge in [-0.1, -0.05) is 13.8 Å². The molecule has 2 unspecified atom stereocenters. The Kier molecular flexibility index (Phi) is 4.04. The molecule has 0 amide bonds. The summed E-state index contributed by atoms with van der Waals surface area (Å²) in [5.41, 5.74) is 1.14. The molecule has 3 rings (SSSR count). The van der Waals surface area contributed by atoms with Crippen LogP contribution in [0.3, 0.4) is 0 Å². The van der Waals surface area contributed by atoms with Gasteiger partial charge in [0.15, 0.2) is 0 Å². The molecule has 0 N–H and O–H groups in total. The molecule has 4 heteroatoms. The first-order valence-corrected chi connectivity index (χ1v) is 8.31. The molecule has 20 heavy (non-hydrogen) atoms. The zero-order valence-electron chi connectivity index (χ0n) is 12.1. The van der Waals surface area contributed by atoms with Gasteiger partial charge < -0.3 is 4.90 Å². The van der Waals surface area contributed by atoms with Gasteiger partial charge in [-0.3, -0.25) is 4.90 Å². The molecule has 2 heterocycles. The van der Waals surface area contributed by atoms with E-state index in [1.54, 1.807) is 12.1 Å². The van der Waals surface area contributed by atoms with E-state index in [9.17, 15) is 4.39 Å². The van der Waals surface area contributed by atoms with Gasteiger partial charge in [0.1, 0.15) is 5.82 Å². The van der Waals surface area contributed by atoms with Crippen LogP contribution in [0.1, 0.15) is 26.7 Å². The molecule has 2 fully saturated rings. The van der Waals surface area contributed by atoms with Crippen LogP contribution >= 0.6 is 15.9 Å². The second-order valence-corrected chi connectivity index (χ2v) is 7.20. The van der Waals surface area contributed by atoms with E-state index in [1.165, 1.54) is 19.4 Å². The quantitative estimate of drug-likeness (QED) is 0.805. The highest BCUT2D eigenvalue weighted by molar-refractivity contribution is 9.10. The molecule has 2 aliphatic heterocycles. The molecular formula is C16H22BrFN2. The van der Waals surface area contributed by atoms with E-state index in [0.29, 0.717) is 18.0 Å². The Balaban J connectivity index is 1.91. The van der Waals surface area contributed by atoms with E-state index in [4.69, 9.17) is 0 Å². The van der Waals surface area contributed by atoms with Crippen molar-refractivity contribution in [1.82, 2.24) is 4.90 Å². The Labute approximate surface area is 129 Å². The van der Waals surface area contributed by atoms with Crippen LogP contribution in [0.5, 0.6) is 0 Å². The Morgan fingerprint density at radius 2 is 2.10 bits per heavy atom. The number of hydrogen-bond donors (Lipinski definition) is 0. The van der Waals surface area contributed by atoms with Crippen molar-refractivity contribution < 1.29 is 4.39 Å². The summed E-state index contributed by atoms with van der Waals surface area (Å²) in [5.74, 6) is 0.412. The van der Waals surface area contributed by atoms with Crippen LogP contribution < -0.4 is 4.90 Å². The van der Waals surface area contributed by atoms with Crippen molar-refractivity contribution in [3.63, 3.8) is 0 Å². The number of nitrogens with zero attached hydrogens (tertiary/aromatic N) is 2. The van der Waals surface area contributed by atoms with E-state index in [-0.39, 0.29) is 5.82 Å². The summed E-state index contributed by atoms with van der Waals surface area (Å²) in [6, 6.07) is 6.24. The Morgan fingerprint density at radius 1 is 1.30 bits per heavy atom. The minimum absolute atomic E-state index is 0.179. The summed E-state index contributed by atoms with van der Waals surface area (Å²) in [6.07, 6.45) is 2.61. The molecule has 0 spiro atoms. The summed E-state index contributed by atoms with van der Waals surface area (Å²) < 4.78 is 14.2. The molecule has 0 saturated carbocycles. The van der Waals surface area contributed by atoms with Crippen LogP contribution in [0.4, 0.5) is 10.1 Å². The van der Waals surface area contributed by atoms with Crippen LogP contribution in [0.25, 0.3) is 0 Å². The first kappa shape index (κ1) is 14.3. The fourth-order valence-electron chi connectivity index (χ4n) is 3.61. The minimum atomic E-state index is -0.179. The van der Waals surface area contributed by atoms with E-state index in [1.807, 2.05) is 6.07 Å². The molecule has 2 saturated heterocycles. The second-order valence-electron chi connectivity index (χ2n) is 6.35. The second kappa shape index (κ2) is 5.64. The first-order valence-electron chi connectivity index (χ1n) is 7.52. The zero-order valence-corrected chi connectivity index (χ0v) is 13.7. The predicted octanol–water partition coefficient (Wildman–Crippen LogP) is 3.90. The third-order valence-electron chi connectivity index (χ3n) is 4.72. The van der Waals surface area contributed by atoms with Crippen LogP contribution in [-0.4, -0.2) is 36.6 Å². The maximum Gasteiger partial charge on any atom is 0.124 e. The number of rotatable bonds is 2. The normalized spacial score (nSPS) is 27.1. The van der Waals surface area contributed by atoms with E-state index in [0.717, 1.165) is 23.2 Å². The van der Waals surface area contributed by atoms with E-state index in [2.05, 4.69) is 39.6 Å². The predicted molar refractivity (Wildman–Crippen MR) is 84.7 cm³/mol. The van der Waals surface area contributed by atoms with Gasteiger partial charge >= 0.3 is 0 Å². The Bertz CT molecular complexity index is 491. The van der Waals surface area contributed by atoms with Crippen molar-refractivity contribution in [2.75, 3.05) is 24.5 Å². The Morgan fingerprint density at radius 3 is 2.80 bits per heavy atom. The van der Waals surface area contributed by atoms with Crippen molar-refractivity contribution >= 4 is 21.6 Å².